The van der Waals surface area contributed by atoms with Gasteiger partial charge in [-0.1, -0.05) is 75.8 Å². The molecule has 1 aliphatic heterocycles. The van der Waals surface area contributed by atoms with E-state index in [4.69, 9.17) is 9.47 Å². The van der Waals surface area contributed by atoms with E-state index in [1.807, 2.05) is 65.8 Å². The number of allylic oxidation sites excluding steroid dienone is 5. The van der Waals surface area contributed by atoms with Gasteiger partial charge in [-0.25, -0.2) is 4.79 Å². The Hall–Kier alpha value is -3.39. The predicted molar refractivity (Wildman–Crippen MR) is 150 cm³/mol. The summed E-state index contributed by atoms with van der Waals surface area (Å²) in [6.45, 7) is 11.4. The van der Waals surface area contributed by atoms with E-state index >= 15 is 0 Å². The van der Waals surface area contributed by atoms with Crippen LogP contribution in [0.1, 0.15) is 60.8 Å². The Kier molecular flexibility index (Phi) is 14.1. The van der Waals surface area contributed by atoms with E-state index in [0.29, 0.717) is 19.3 Å². The second-order valence-corrected chi connectivity index (χ2v) is 10.4. The Labute approximate surface area is 227 Å². The van der Waals surface area contributed by atoms with Gasteiger partial charge in [-0.3, -0.25) is 9.59 Å². The maximum atomic E-state index is 12.7. The van der Waals surface area contributed by atoms with Gasteiger partial charge in [0.05, 0.1) is 13.2 Å². The molecule has 0 spiro atoms. The topological polar surface area (TPSA) is 114 Å². The maximum Gasteiger partial charge on any atom is 0.373 e. The van der Waals surface area contributed by atoms with Gasteiger partial charge < -0.3 is 25.2 Å². The Morgan fingerprint density at radius 1 is 1.21 bits per heavy atom. The second-order valence-electron chi connectivity index (χ2n) is 10.4. The molecule has 0 bridgehead atoms. The quantitative estimate of drug-likeness (QED) is 0.141. The number of cyclic esters (lactones) is 1. The molecule has 4 unspecified atom stereocenters. The third-order valence-electron chi connectivity index (χ3n) is 5.86. The fourth-order valence-electron chi connectivity index (χ4n) is 3.67. The highest BCUT2D eigenvalue weighted by Gasteiger charge is 2.32. The van der Waals surface area contributed by atoms with Gasteiger partial charge in [0.2, 0.25) is 11.8 Å². The highest BCUT2D eigenvalue weighted by molar-refractivity contribution is 5.93. The lowest BCUT2D eigenvalue weighted by molar-refractivity contribution is -0.151. The largest absolute Gasteiger partial charge is 0.490 e. The normalized spacial score (nSPS) is 19.5. The van der Waals surface area contributed by atoms with Crippen LogP contribution in [0.4, 0.5) is 0 Å². The van der Waals surface area contributed by atoms with Crippen LogP contribution < -0.4 is 10.6 Å². The molecule has 8 heteroatoms. The number of aliphatic hydroxyl groups excluding tert-OH is 1. The monoisotopic (exact) mass is 528 g/mol. The van der Waals surface area contributed by atoms with E-state index in [9.17, 15) is 19.5 Å². The van der Waals surface area contributed by atoms with E-state index < -0.39 is 23.5 Å². The summed E-state index contributed by atoms with van der Waals surface area (Å²) < 4.78 is 10.4. The lowest BCUT2D eigenvalue weighted by Crippen LogP contribution is -2.52. The number of hydrogen-bond acceptors (Lipinski definition) is 6. The number of carbonyl (C=O) groups is 3. The van der Waals surface area contributed by atoms with E-state index in [2.05, 4.69) is 10.6 Å². The van der Waals surface area contributed by atoms with Gasteiger partial charge in [-0.15, -0.1) is 0 Å². The van der Waals surface area contributed by atoms with Crippen LogP contribution in [-0.2, 0) is 23.9 Å². The van der Waals surface area contributed by atoms with Crippen LogP contribution in [0.5, 0.6) is 0 Å². The van der Waals surface area contributed by atoms with E-state index in [-0.39, 0.29) is 29.6 Å². The van der Waals surface area contributed by atoms with Crippen molar-refractivity contribution >= 4 is 17.8 Å². The summed E-state index contributed by atoms with van der Waals surface area (Å²) in [5, 5.41) is 15.3. The van der Waals surface area contributed by atoms with Gasteiger partial charge in [0.25, 0.3) is 0 Å². The molecular weight excluding hydrogens is 484 g/mol. The summed E-state index contributed by atoms with van der Waals surface area (Å²) in [5.74, 6) is -0.945. The summed E-state index contributed by atoms with van der Waals surface area (Å²) in [6.07, 6.45) is 18.0. The van der Waals surface area contributed by atoms with Gasteiger partial charge in [0, 0.05) is 18.4 Å². The summed E-state index contributed by atoms with van der Waals surface area (Å²) in [7, 11) is 1.44. The highest BCUT2D eigenvalue weighted by atomic mass is 16.6. The number of methoxy groups -OCH3 is 1. The molecule has 0 saturated carbocycles. The minimum atomic E-state index is -0.755. The number of amides is 2. The van der Waals surface area contributed by atoms with Crippen molar-refractivity contribution in [1.82, 2.24) is 10.6 Å². The zero-order chi connectivity index (χ0) is 28.7. The average molecular weight is 529 g/mol. The molecule has 0 aromatic rings. The first-order chi connectivity index (χ1) is 17.9. The lowest BCUT2D eigenvalue weighted by Gasteiger charge is -2.29. The molecule has 0 aromatic carbocycles. The number of rotatable bonds is 13. The Balaban J connectivity index is 2.64. The molecule has 4 atom stereocenters. The van der Waals surface area contributed by atoms with Crippen molar-refractivity contribution in [3.8, 4) is 0 Å². The molecule has 0 saturated heterocycles. The van der Waals surface area contributed by atoms with Crippen molar-refractivity contribution in [2.75, 3.05) is 7.11 Å². The predicted octanol–water partition coefficient (Wildman–Crippen LogP) is 4.41. The molecule has 210 valence electrons. The minimum Gasteiger partial charge on any atom is -0.490 e. The Bertz CT molecular complexity index is 981. The van der Waals surface area contributed by atoms with E-state index in [0.717, 1.165) is 5.57 Å². The molecule has 1 heterocycles. The molecule has 0 aromatic heterocycles. The molecule has 0 aliphatic carbocycles. The molecular formula is C30H44N2O6. The van der Waals surface area contributed by atoms with Gasteiger partial charge in [0.1, 0.15) is 12.1 Å². The van der Waals surface area contributed by atoms with Crippen LogP contribution in [-0.4, -0.2) is 48.2 Å². The van der Waals surface area contributed by atoms with Crippen molar-refractivity contribution in [3.05, 3.63) is 72.2 Å². The molecule has 0 radical (unpaired) electrons. The highest BCUT2D eigenvalue weighted by Crippen LogP contribution is 2.23. The molecule has 38 heavy (non-hydrogen) atoms. The molecule has 8 nitrogen and oxygen atoms in total. The molecule has 1 rings (SSSR count). The number of aliphatic hydroxyl groups is 1. The first-order valence-corrected chi connectivity index (χ1v) is 12.9. The summed E-state index contributed by atoms with van der Waals surface area (Å²) in [5.41, 5.74) is 0.439. The van der Waals surface area contributed by atoms with Crippen LogP contribution >= 0.6 is 0 Å². The zero-order valence-electron chi connectivity index (χ0n) is 23.7. The van der Waals surface area contributed by atoms with E-state index in [1.54, 1.807) is 24.3 Å². The SMILES string of the molecule is CC=CCC(O)CC=CNC(=O)C(NC(=O)C=CC=CC(C)=CC(C)C1CC=C(OC)C(=O)O1)C(C)(C)C. The summed E-state index contributed by atoms with van der Waals surface area (Å²) in [6, 6.07) is -0.755. The zero-order valence-corrected chi connectivity index (χ0v) is 23.7. The van der Waals surface area contributed by atoms with Crippen LogP contribution in [0.15, 0.2) is 72.2 Å². The van der Waals surface area contributed by atoms with Crippen molar-refractivity contribution in [1.29, 1.82) is 0 Å². The fourth-order valence-corrected chi connectivity index (χ4v) is 3.67. The lowest BCUT2D eigenvalue weighted by atomic mass is 9.86. The smallest absolute Gasteiger partial charge is 0.373 e. The van der Waals surface area contributed by atoms with Gasteiger partial charge in [-0.05, 0) is 44.4 Å². The van der Waals surface area contributed by atoms with E-state index in [1.165, 1.54) is 19.4 Å². The minimum absolute atomic E-state index is 0.00193. The second kappa shape index (κ2) is 16.5. The summed E-state index contributed by atoms with van der Waals surface area (Å²) >= 11 is 0. The Morgan fingerprint density at radius 2 is 1.87 bits per heavy atom. The van der Waals surface area contributed by atoms with Gasteiger partial charge >= 0.3 is 5.97 Å². The fraction of sp³-hybridized carbons (Fsp3) is 0.500. The maximum absolute atomic E-state index is 12.7. The number of esters is 1. The first-order valence-electron chi connectivity index (χ1n) is 12.9. The Morgan fingerprint density at radius 3 is 2.47 bits per heavy atom. The van der Waals surface area contributed by atoms with Crippen molar-refractivity contribution in [2.24, 2.45) is 11.3 Å². The average Bonchev–Trinajstić information content (AvgIpc) is 2.85. The number of ether oxygens (including phenoxy) is 2. The molecule has 2 amide bonds. The first kappa shape index (κ1) is 32.6. The third kappa shape index (κ3) is 12.2. The molecule has 1 aliphatic rings. The van der Waals surface area contributed by atoms with Gasteiger partial charge in [-0.2, -0.15) is 0 Å². The molecule has 3 N–H and O–H groups in total. The number of nitrogens with one attached hydrogen (secondary N) is 2. The van der Waals surface area contributed by atoms with Crippen LogP contribution in [0.3, 0.4) is 0 Å². The van der Waals surface area contributed by atoms with Gasteiger partial charge in [0.15, 0.2) is 5.76 Å². The summed E-state index contributed by atoms with van der Waals surface area (Å²) in [4.78, 5) is 37.1. The van der Waals surface area contributed by atoms with Crippen molar-refractivity contribution in [3.63, 3.8) is 0 Å². The standard InChI is InChI=1S/C30H44N2O6/c1-8-9-14-23(33)15-12-19-31-28(35)27(30(4,5)6)32-26(34)16-11-10-13-21(2)20-22(3)24-17-18-25(37-7)29(36)38-24/h8-13,16,18-20,22-24,27,33H,14-15,17H2,1-7H3,(H,31,35)(H,32,34). The third-order valence-corrected chi connectivity index (χ3v) is 5.86. The van der Waals surface area contributed by atoms with Crippen LogP contribution in [0, 0.1) is 11.3 Å². The number of hydrogen-bond donors (Lipinski definition) is 3. The van der Waals surface area contributed by atoms with Crippen molar-refractivity contribution in [2.45, 2.75) is 79.1 Å². The van der Waals surface area contributed by atoms with Crippen LogP contribution in [0.25, 0.3) is 0 Å². The van der Waals surface area contributed by atoms with Crippen LogP contribution in [0.2, 0.25) is 0 Å². The van der Waals surface area contributed by atoms with Crippen molar-refractivity contribution < 1.29 is 29.0 Å². The number of carbonyl (C=O) groups excluding carboxylic acids is 3. The molecule has 0 fully saturated rings.